The summed E-state index contributed by atoms with van der Waals surface area (Å²) < 4.78 is 13.8. The molecule has 4 nitrogen and oxygen atoms in total. The molecule has 0 atom stereocenters. The first-order chi connectivity index (χ1) is 34.7. The van der Waals surface area contributed by atoms with Crippen LogP contribution in [0.5, 0.6) is 23.0 Å². The minimum absolute atomic E-state index is 0.829. The molecule has 4 heteroatoms. The maximum absolute atomic E-state index is 6.97. The maximum atomic E-state index is 6.97. The quantitative estimate of drug-likeness (QED) is 0.142. The molecule has 2 aliphatic heterocycles. The molecule has 2 heterocycles. The fourth-order valence-electron chi connectivity index (χ4n) is 10.9. The minimum Gasteiger partial charge on any atom is -0.456 e. The van der Waals surface area contributed by atoms with Gasteiger partial charge in [0.25, 0.3) is 0 Å². The van der Waals surface area contributed by atoms with Crippen molar-refractivity contribution in [1.82, 2.24) is 0 Å². The number of benzene rings is 12. The highest BCUT2D eigenvalue weighted by atomic mass is 16.5. The van der Waals surface area contributed by atoms with Gasteiger partial charge in [-0.05, 0) is 141 Å². The van der Waals surface area contributed by atoms with Crippen LogP contribution in [0.2, 0.25) is 0 Å². The van der Waals surface area contributed by atoms with Crippen molar-refractivity contribution >= 4 is 66.4 Å². The summed E-state index contributed by atoms with van der Waals surface area (Å²) in [5, 5.41) is 6.85. The van der Waals surface area contributed by atoms with Crippen LogP contribution in [-0.2, 0) is 0 Å². The summed E-state index contributed by atoms with van der Waals surface area (Å²) in [5.41, 5.74) is 15.6. The third-order valence-corrected chi connectivity index (χ3v) is 14.0. The molecule has 0 amide bonds. The predicted octanol–water partition coefficient (Wildman–Crippen LogP) is 19.0. The second-order valence-electron chi connectivity index (χ2n) is 18.0. The van der Waals surface area contributed by atoms with Crippen LogP contribution in [-0.4, -0.2) is 0 Å². The average molecular weight is 895 g/mol. The minimum atomic E-state index is 0.829. The standard InChI is InChI=1S/C66H42N2O2/c1-5-17-46(18-6-1)67(47-19-7-2-8-20-47)50-33-29-43(30-34-50)44-31-35-51-55-37-38-56-52-36-32-45(42-62(52)70-60-40-39-59(64(55)65(56)60)69-61(51)41-44)63-53-25-13-15-27-57(53)66(58-28-16-14-26-54(58)63)68(48-21-9-3-10-22-48)49-23-11-4-12-24-49/h1-42H. The van der Waals surface area contributed by atoms with E-state index in [1.54, 1.807) is 0 Å². The number of hydrogen-bond donors (Lipinski definition) is 0. The van der Waals surface area contributed by atoms with E-state index in [1.807, 2.05) is 0 Å². The first-order valence-corrected chi connectivity index (χ1v) is 23.8. The van der Waals surface area contributed by atoms with Crippen LogP contribution >= 0.6 is 0 Å². The second-order valence-corrected chi connectivity index (χ2v) is 18.0. The number of fused-ring (bicyclic) bond motifs is 6. The van der Waals surface area contributed by atoms with Crippen molar-refractivity contribution in [3.05, 3.63) is 255 Å². The summed E-state index contributed by atoms with van der Waals surface area (Å²) in [7, 11) is 0. The SMILES string of the molecule is c1ccc(N(c2ccccc2)c2ccc(-c3ccc4c(c3)Oc3ccc5c6c(ccc-4c36)-c3ccc(-c4c6ccccc6c(N(c6ccccc6)c6ccccc6)c6ccccc46)cc3O5)cc2)cc1. The second kappa shape index (κ2) is 16.2. The number of anilines is 6. The van der Waals surface area contributed by atoms with Gasteiger partial charge in [-0.1, -0.05) is 158 Å². The normalized spacial score (nSPS) is 11.9. The number of para-hydroxylation sites is 4. The zero-order valence-corrected chi connectivity index (χ0v) is 38.0. The molecule has 2 aliphatic rings. The molecule has 0 radical (unpaired) electrons. The molecule has 0 bridgehead atoms. The van der Waals surface area contributed by atoms with Crippen molar-refractivity contribution in [3.63, 3.8) is 0 Å². The van der Waals surface area contributed by atoms with Gasteiger partial charge in [-0.3, -0.25) is 0 Å². The topological polar surface area (TPSA) is 24.9 Å². The summed E-state index contributed by atoms with van der Waals surface area (Å²) in [5.74, 6) is 3.34. The van der Waals surface area contributed by atoms with Gasteiger partial charge in [0.15, 0.2) is 0 Å². The van der Waals surface area contributed by atoms with E-state index < -0.39 is 0 Å². The fourth-order valence-corrected chi connectivity index (χ4v) is 10.9. The van der Waals surface area contributed by atoms with E-state index in [-0.39, 0.29) is 0 Å². The van der Waals surface area contributed by atoms with E-state index in [4.69, 9.17) is 9.47 Å². The highest BCUT2D eigenvalue weighted by Crippen LogP contribution is 2.57. The lowest BCUT2D eigenvalue weighted by Crippen LogP contribution is -2.11. The Morgan fingerprint density at radius 3 is 1.07 bits per heavy atom. The van der Waals surface area contributed by atoms with Crippen LogP contribution in [0.1, 0.15) is 0 Å². The van der Waals surface area contributed by atoms with Gasteiger partial charge in [0.1, 0.15) is 23.0 Å². The lowest BCUT2D eigenvalue weighted by molar-refractivity contribution is 0.475. The summed E-state index contributed by atoms with van der Waals surface area (Å²) >= 11 is 0. The van der Waals surface area contributed by atoms with E-state index in [0.717, 1.165) is 107 Å². The number of nitrogens with zero attached hydrogens (tertiary/aromatic N) is 2. The Labute approximate surface area is 406 Å². The molecule has 14 rings (SSSR count). The van der Waals surface area contributed by atoms with Crippen LogP contribution in [0.3, 0.4) is 0 Å². The summed E-state index contributed by atoms with van der Waals surface area (Å²) in [6.45, 7) is 0. The van der Waals surface area contributed by atoms with Crippen molar-refractivity contribution in [1.29, 1.82) is 0 Å². The molecular formula is C66H42N2O2. The molecule has 0 saturated carbocycles. The van der Waals surface area contributed by atoms with Gasteiger partial charge in [-0.2, -0.15) is 0 Å². The summed E-state index contributed by atoms with van der Waals surface area (Å²) in [6, 6.07) is 90.7. The number of ether oxygens (including phenoxy) is 2. The predicted molar refractivity (Wildman–Crippen MR) is 290 cm³/mol. The van der Waals surface area contributed by atoms with E-state index in [9.17, 15) is 0 Å². The van der Waals surface area contributed by atoms with Gasteiger partial charge < -0.3 is 19.3 Å². The Hall–Kier alpha value is -9.38. The number of hydrogen-bond acceptors (Lipinski definition) is 4. The lowest BCUT2D eigenvalue weighted by atomic mass is 9.86. The van der Waals surface area contributed by atoms with Crippen molar-refractivity contribution in [2.75, 3.05) is 9.80 Å². The smallest absolute Gasteiger partial charge is 0.136 e. The molecule has 328 valence electrons. The van der Waals surface area contributed by atoms with Crippen molar-refractivity contribution in [2.45, 2.75) is 0 Å². The van der Waals surface area contributed by atoms with E-state index in [0.29, 0.717) is 0 Å². The highest BCUT2D eigenvalue weighted by Gasteiger charge is 2.29. The van der Waals surface area contributed by atoms with Gasteiger partial charge in [0.05, 0.1) is 5.69 Å². The number of rotatable bonds is 8. The van der Waals surface area contributed by atoms with E-state index >= 15 is 0 Å². The zero-order chi connectivity index (χ0) is 46.1. The lowest BCUT2D eigenvalue weighted by Gasteiger charge is -2.30. The van der Waals surface area contributed by atoms with Crippen LogP contribution in [0.4, 0.5) is 34.1 Å². The first-order valence-electron chi connectivity index (χ1n) is 23.8. The Kier molecular flexibility index (Phi) is 9.17. The largest absolute Gasteiger partial charge is 0.456 e. The molecule has 0 saturated heterocycles. The van der Waals surface area contributed by atoms with Crippen molar-refractivity contribution < 1.29 is 9.47 Å². The van der Waals surface area contributed by atoms with E-state index in [1.165, 1.54) is 27.1 Å². The van der Waals surface area contributed by atoms with Gasteiger partial charge in [0.2, 0.25) is 0 Å². The Morgan fingerprint density at radius 2 is 0.600 bits per heavy atom. The van der Waals surface area contributed by atoms with Gasteiger partial charge in [-0.25, -0.2) is 0 Å². The Balaban J connectivity index is 0.835. The summed E-state index contributed by atoms with van der Waals surface area (Å²) in [4.78, 5) is 4.68. The third-order valence-electron chi connectivity index (χ3n) is 14.0. The monoisotopic (exact) mass is 894 g/mol. The first kappa shape index (κ1) is 39.8. The Bertz CT molecular complexity index is 3850. The van der Waals surface area contributed by atoms with Crippen LogP contribution in [0.25, 0.3) is 76.8 Å². The van der Waals surface area contributed by atoms with Gasteiger partial charge in [-0.15, -0.1) is 0 Å². The molecular weight excluding hydrogens is 853 g/mol. The summed E-state index contributed by atoms with van der Waals surface area (Å²) in [6.07, 6.45) is 0. The van der Waals surface area contributed by atoms with Gasteiger partial charge >= 0.3 is 0 Å². The molecule has 0 unspecified atom stereocenters. The molecule has 12 aromatic rings. The molecule has 0 spiro atoms. The van der Waals surface area contributed by atoms with Crippen LogP contribution in [0.15, 0.2) is 255 Å². The van der Waals surface area contributed by atoms with Crippen molar-refractivity contribution in [2.24, 2.45) is 0 Å². The molecule has 0 aromatic heterocycles. The maximum Gasteiger partial charge on any atom is 0.136 e. The van der Waals surface area contributed by atoms with E-state index in [2.05, 4.69) is 265 Å². The zero-order valence-electron chi connectivity index (χ0n) is 38.0. The molecule has 0 aliphatic carbocycles. The van der Waals surface area contributed by atoms with Crippen LogP contribution < -0.4 is 19.3 Å². The highest BCUT2D eigenvalue weighted by molar-refractivity contribution is 6.23. The van der Waals surface area contributed by atoms with Gasteiger partial charge in [0, 0.05) is 61.1 Å². The average Bonchev–Trinajstić information content (AvgIpc) is 3.43. The Morgan fingerprint density at radius 1 is 0.243 bits per heavy atom. The molecule has 0 fully saturated rings. The molecule has 12 aromatic carbocycles. The molecule has 70 heavy (non-hydrogen) atoms. The molecule has 0 N–H and O–H groups in total. The fraction of sp³-hybridized carbons (Fsp3) is 0. The van der Waals surface area contributed by atoms with Crippen molar-refractivity contribution in [3.8, 4) is 67.5 Å². The van der Waals surface area contributed by atoms with Crippen LogP contribution in [0, 0.1) is 0 Å². The third kappa shape index (κ3) is 6.38.